The minimum Gasteiger partial charge on any atom is -0.463 e. The molecule has 1 N–H and O–H groups in total. The Bertz CT molecular complexity index is 592. The SMILES string of the molecule is O=COCc1ccccc1.c1ccc2[nH]nnc2c1. The Morgan fingerprint density at radius 1 is 1.05 bits per heavy atom. The van der Waals surface area contributed by atoms with Crippen molar-refractivity contribution in [2.24, 2.45) is 0 Å². The van der Waals surface area contributed by atoms with Crippen molar-refractivity contribution in [1.29, 1.82) is 0 Å². The predicted octanol–water partition coefficient (Wildman–Crippen LogP) is 2.32. The number of nitrogens with zero attached hydrogens (tertiary/aromatic N) is 2. The lowest BCUT2D eigenvalue weighted by atomic mass is 10.2. The maximum Gasteiger partial charge on any atom is 0.293 e. The quantitative estimate of drug-likeness (QED) is 0.729. The van der Waals surface area contributed by atoms with Gasteiger partial charge in [-0.1, -0.05) is 47.7 Å². The average Bonchev–Trinajstić information content (AvgIpc) is 2.95. The summed E-state index contributed by atoms with van der Waals surface area (Å²) >= 11 is 0. The van der Waals surface area contributed by atoms with Gasteiger partial charge in [0, 0.05) is 0 Å². The van der Waals surface area contributed by atoms with E-state index in [-0.39, 0.29) is 0 Å². The standard InChI is InChI=1S/C8H8O2.C6H5N3/c9-7-10-6-8-4-2-1-3-5-8;1-2-4-6-5(3-1)7-9-8-6/h1-5,7H,6H2;1-4H,(H,7,8,9). The molecule has 0 saturated carbocycles. The summed E-state index contributed by atoms with van der Waals surface area (Å²) in [7, 11) is 0. The lowest BCUT2D eigenvalue weighted by Gasteiger charge is -1.95. The van der Waals surface area contributed by atoms with E-state index in [0.29, 0.717) is 13.1 Å². The van der Waals surface area contributed by atoms with Crippen LogP contribution < -0.4 is 0 Å². The van der Waals surface area contributed by atoms with E-state index in [9.17, 15) is 4.79 Å². The lowest BCUT2D eigenvalue weighted by molar-refractivity contribution is -0.129. The minimum atomic E-state index is 0.365. The first kappa shape index (κ1) is 12.8. The van der Waals surface area contributed by atoms with Crippen molar-refractivity contribution in [3.05, 3.63) is 60.2 Å². The van der Waals surface area contributed by atoms with E-state index in [1.165, 1.54) is 0 Å². The molecular formula is C14H13N3O2. The van der Waals surface area contributed by atoms with Crippen molar-refractivity contribution in [2.75, 3.05) is 0 Å². The van der Waals surface area contributed by atoms with Crippen LogP contribution in [0.25, 0.3) is 11.0 Å². The van der Waals surface area contributed by atoms with E-state index in [1.807, 2.05) is 54.6 Å². The summed E-state index contributed by atoms with van der Waals surface area (Å²) < 4.78 is 4.54. The first-order valence-corrected chi connectivity index (χ1v) is 5.75. The highest BCUT2D eigenvalue weighted by atomic mass is 16.5. The molecule has 5 nitrogen and oxygen atoms in total. The highest BCUT2D eigenvalue weighted by molar-refractivity contribution is 5.72. The van der Waals surface area contributed by atoms with Crippen LogP contribution in [0.1, 0.15) is 5.56 Å². The van der Waals surface area contributed by atoms with Crippen LogP contribution in [0.2, 0.25) is 0 Å². The summed E-state index contributed by atoms with van der Waals surface area (Å²) in [4.78, 5) is 9.76. The van der Waals surface area contributed by atoms with Gasteiger partial charge in [0.15, 0.2) is 0 Å². The van der Waals surface area contributed by atoms with Gasteiger partial charge in [0.2, 0.25) is 0 Å². The summed E-state index contributed by atoms with van der Waals surface area (Å²) in [5.74, 6) is 0. The van der Waals surface area contributed by atoms with Crippen molar-refractivity contribution >= 4 is 17.5 Å². The van der Waals surface area contributed by atoms with Crippen molar-refractivity contribution in [3.63, 3.8) is 0 Å². The molecule has 0 bridgehead atoms. The molecule has 5 heteroatoms. The molecule has 1 heterocycles. The van der Waals surface area contributed by atoms with Gasteiger partial charge in [0.25, 0.3) is 6.47 Å². The maximum absolute atomic E-state index is 9.76. The molecule has 0 saturated heterocycles. The largest absolute Gasteiger partial charge is 0.463 e. The molecule has 0 radical (unpaired) electrons. The molecule has 0 unspecified atom stereocenters. The smallest absolute Gasteiger partial charge is 0.293 e. The van der Waals surface area contributed by atoms with Crippen molar-refractivity contribution in [1.82, 2.24) is 15.4 Å². The third-order valence-corrected chi connectivity index (χ3v) is 2.39. The molecule has 0 atom stereocenters. The first-order chi connectivity index (χ1) is 9.40. The second-order valence-electron chi connectivity index (χ2n) is 3.72. The fourth-order valence-electron chi connectivity index (χ4n) is 1.49. The zero-order valence-corrected chi connectivity index (χ0v) is 10.2. The van der Waals surface area contributed by atoms with Crippen LogP contribution >= 0.6 is 0 Å². The fraction of sp³-hybridized carbons (Fsp3) is 0.0714. The number of nitrogens with one attached hydrogen (secondary N) is 1. The van der Waals surface area contributed by atoms with Crippen LogP contribution in [0, 0.1) is 0 Å². The van der Waals surface area contributed by atoms with Crippen molar-refractivity contribution < 1.29 is 9.53 Å². The molecule has 0 aliphatic rings. The summed E-state index contributed by atoms with van der Waals surface area (Å²) in [5, 5.41) is 10.2. The van der Waals surface area contributed by atoms with Gasteiger partial charge < -0.3 is 4.74 Å². The summed E-state index contributed by atoms with van der Waals surface area (Å²) in [5.41, 5.74) is 2.91. The van der Waals surface area contributed by atoms with E-state index in [1.54, 1.807) is 0 Å². The molecule has 3 aromatic rings. The van der Waals surface area contributed by atoms with Gasteiger partial charge in [-0.25, -0.2) is 0 Å². The van der Waals surface area contributed by atoms with Gasteiger partial charge in [0.05, 0.1) is 5.52 Å². The van der Waals surface area contributed by atoms with Gasteiger partial charge in [-0.15, -0.1) is 5.10 Å². The minimum absolute atomic E-state index is 0.365. The number of para-hydroxylation sites is 1. The third kappa shape index (κ3) is 3.92. The lowest BCUT2D eigenvalue weighted by Crippen LogP contribution is -1.88. The molecule has 3 rings (SSSR count). The van der Waals surface area contributed by atoms with Gasteiger partial charge >= 0.3 is 0 Å². The molecular weight excluding hydrogens is 242 g/mol. The molecule has 1 aromatic heterocycles. The van der Waals surface area contributed by atoms with E-state index in [2.05, 4.69) is 20.1 Å². The molecule has 96 valence electrons. The number of hydrogen-bond acceptors (Lipinski definition) is 4. The number of H-pyrrole nitrogens is 1. The van der Waals surface area contributed by atoms with Crippen LogP contribution in [0.4, 0.5) is 0 Å². The van der Waals surface area contributed by atoms with E-state index in [4.69, 9.17) is 0 Å². The second kappa shape index (κ2) is 6.90. The van der Waals surface area contributed by atoms with E-state index in [0.717, 1.165) is 16.6 Å². The number of ether oxygens (including phenoxy) is 1. The Morgan fingerprint density at radius 2 is 1.79 bits per heavy atom. The number of aromatic nitrogens is 3. The third-order valence-electron chi connectivity index (χ3n) is 2.39. The molecule has 0 spiro atoms. The number of hydrogen-bond donors (Lipinski definition) is 1. The Hall–Kier alpha value is -2.69. The normalized spacial score (nSPS) is 9.47. The molecule has 0 amide bonds. The first-order valence-electron chi connectivity index (χ1n) is 5.75. The Kier molecular flexibility index (Phi) is 4.64. The van der Waals surface area contributed by atoms with Crippen LogP contribution in [-0.4, -0.2) is 21.9 Å². The van der Waals surface area contributed by atoms with E-state index < -0.39 is 0 Å². The molecule has 2 aromatic carbocycles. The van der Waals surface area contributed by atoms with Gasteiger partial charge in [0.1, 0.15) is 12.1 Å². The highest BCUT2D eigenvalue weighted by Crippen LogP contribution is 2.03. The zero-order chi connectivity index (χ0) is 13.3. The van der Waals surface area contributed by atoms with Crippen LogP contribution in [-0.2, 0) is 16.1 Å². The van der Waals surface area contributed by atoms with Crippen molar-refractivity contribution in [3.8, 4) is 0 Å². The number of benzene rings is 2. The number of aromatic amines is 1. The van der Waals surface area contributed by atoms with Gasteiger partial charge in [-0.3, -0.25) is 9.89 Å². The van der Waals surface area contributed by atoms with E-state index >= 15 is 0 Å². The monoisotopic (exact) mass is 255 g/mol. The Balaban J connectivity index is 0.000000141. The fourth-order valence-corrected chi connectivity index (χ4v) is 1.49. The number of carbonyl (C=O) groups is 1. The topological polar surface area (TPSA) is 67.9 Å². The zero-order valence-electron chi connectivity index (χ0n) is 10.2. The van der Waals surface area contributed by atoms with Gasteiger partial charge in [-0.05, 0) is 17.7 Å². The van der Waals surface area contributed by atoms with Crippen LogP contribution in [0.15, 0.2) is 54.6 Å². The molecule has 19 heavy (non-hydrogen) atoms. The molecule has 0 fully saturated rings. The Morgan fingerprint density at radius 3 is 2.53 bits per heavy atom. The maximum atomic E-state index is 9.76. The number of rotatable bonds is 3. The molecule has 0 aliphatic carbocycles. The number of carbonyl (C=O) groups excluding carboxylic acids is 1. The number of fused-ring (bicyclic) bond motifs is 1. The second-order valence-corrected chi connectivity index (χ2v) is 3.72. The highest BCUT2D eigenvalue weighted by Gasteiger charge is 1.90. The summed E-state index contributed by atoms with van der Waals surface area (Å²) in [6.45, 7) is 0.817. The van der Waals surface area contributed by atoms with Crippen LogP contribution in [0.5, 0.6) is 0 Å². The predicted molar refractivity (Wildman–Crippen MR) is 71.2 cm³/mol. The average molecular weight is 255 g/mol. The van der Waals surface area contributed by atoms with Crippen molar-refractivity contribution in [2.45, 2.75) is 6.61 Å². The molecule has 0 aliphatic heterocycles. The van der Waals surface area contributed by atoms with Gasteiger partial charge in [-0.2, -0.15) is 0 Å². The van der Waals surface area contributed by atoms with Crippen LogP contribution in [0.3, 0.4) is 0 Å². The Labute approximate surface area is 110 Å². The summed E-state index contributed by atoms with van der Waals surface area (Å²) in [6.07, 6.45) is 0. The summed E-state index contributed by atoms with van der Waals surface area (Å²) in [6, 6.07) is 17.3.